The molecule has 2 atom stereocenters. The third-order valence-electron chi connectivity index (χ3n) is 2.72. The van der Waals surface area contributed by atoms with Crippen LogP contribution in [0.3, 0.4) is 0 Å². The molecule has 1 aliphatic carbocycles. The summed E-state index contributed by atoms with van der Waals surface area (Å²) in [5, 5.41) is 0. The molecule has 1 saturated carbocycles. The molecule has 1 rings (SSSR count). The number of isocyanates is 1. The largest absolute Gasteiger partial charge is 0.234 e. The summed E-state index contributed by atoms with van der Waals surface area (Å²) in [4.78, 5) is 13.3. The summed E-state index contributed by atoms with van der Waals surface area (Å²) < 4.78 is 0. The summed E-state index contributed by atoms with van der Waals surface area (Å²) in [5.41, 5.74) is 0. The number of aliphatic imine (C=N–C) groups is 1. The van der Waals surface area contributed by atoms with E-state index in [1.54, 1.807) is 6.08 Å². The maximum absolute atomic E-state index is 9.77. The Kier molecular flexibility index (Phi) is 3.31. The minimum Gasteiger partial charge on any atom is -0.211 e. The minimum absolute atomic E-state index is 0.679. The van der Waals surface area contributed by atoms with E-state index in [2.05, 4.69) is 11.9 Å². The summed E-state index contributed by atoms with van der Waals surface area (Å²) in [5.74, 6) is 1.66. The first-order valence-electron chi connectivity index (χ1n) is 4.38. The van der Waals surface area contributed by atoms with Gasteiger partial charge in [0.25, 0.3) is 0 Å². The standard InChI is InChI=1S/C9H15NO/c1-8-3-2-4-9(8)5-6-10-7-11/h8-9H,2-6H2,1H3. The first-order valence-corrected chi connectivity index (χ1v) is 4.38. The van der Waals surface area contributed by atoms with Crippen LogP contribution in [0.15, 0.2) is 4.99 Å². The number of nitrogens with zero attached hydrogens (tertiary/aromatic N) is 1. The first kappa shape index (κ1) is 8.48. The van der Waals surface area contributed by atoms with E-state index in [0.717, 1.165) is 18.3 Å². The van der Waals surface area contributed by atoms with E-state index in [9.17, 15) is 4.79 Å². The van der Waals surface area contributed by atoms with Crippen molar-refractivity contribution >= 4 is 6.08 Å². The number of carbonyl (C=O) groups excluding carboxylic acids is 1. The van der Waals surface area contributed by atoms with Gasteiger partial charge in [-0.15, -0.1) is 0 Å². The van der Waals surface area contributed by atoms with Gasteiger partial charge in [-0.25, -0.2) is 9.79 Å². The van der Waals surface area contributed by atoms with E-state index in [1.165, 1.54) is 19.3 Å². The third-order valence-corrected chi connectivity index (χ3v) is 2.72. The van der Waals surface area contributed by atoms with Crippen LogP contribution in [-0.2, 0) is 4.79 Å². The lowest BCUT2D eigenvalue weighted by atomic mass is 9.95. The van der Waals surface area contributed by atoms with Gasteiger partial charge in [0.05, 0.1) is 6.54 Å². The summed E-state index contributed by atoms with van der Waals surface area (Å²) in [7, 11) is 0. The fourth-order valence-corrected chi connectivity index (χ4v) is 1.93. The third kappa shape index (κ3) is 2.47. The highest BCUT2D eigenvalue weighted by molar-refractivity contribution is 5.32. The quantitative estimate of drug-likeness (QED) is 0.451. The normalized spacial score (nSPS) is 29.9. The summed E-state index contributed by atoms with van der Waals surface area (Å²) in [6.45, 7) is 2.97. The zero-order chi connectivity index (χ0) is 8.10. The zero-order valence-electron chi connectivity index (χ0n) is 7.05. The molecule has 0 N–H and O–H groups in total. The van der Waals surface area contributed by atoms with Gasteiger partial charge in [-0.3, -0.25) is 0 Å². The van der Waals surface area contributed by atoms with E-state index in [0.29, 0.717) is 6.54 Å². The molecular formula is C9H15NO. The fourth-order valence-electron chi connectivity index (χ4n) is 1.93. The second-order valence-corrected chi connectivity index (χ2v) is 3.43. The van der Waals surface area contributed by atoms with Crippen molar-refractivity contribution in [2.24, 2.45) is 16.8 Å². The highest BCUT2D eigenvalue weighted by atomic mass is 16.1. The summed E-state index contributed by atoms with van der Waals surface area (Å²) >= 11 is 0. The summed E-state index contributed by atoms with van der Waals surface area (Å²) in [6.07, 6.45) is 6.70. The molecule has 2 nitrogen and oxygen atoms in total. The maximum atomic E-state index is 9.77. The van der Waals surface area contributed by atoms with Crippen LogP contribution < -0.4 is 0 Å². The monoisotopic (exact) mass is 153 g/mol. The molecule has 0 amide bonds. The molecule has 11 heavy (non-hydrogen) atoms. The predicted molar refractivity (Wildman–Crippen MR) is 44.1 cm³/mol. The average molecular weight is 153 g/mol. The molecule has 2 heteroatoms. The molecule has 0 heterocycles. The number of rotatable bonds is 3. The van der Waals surface area contributed by atoms with E-state index < -0.39 is 0 Å². The number of hydrogen-bond acceptors (Lipinski definition) is 2. The molecule has 2 unspecified atom stereocenters. The lowest BCUT2D eigenvalue weighted by Crippen LogP contribution is -2.04. The summed E-state index contributed by atoms with van der Waals surface area (Å²) in [6, 6.07) is 0. The van der Waals surface area contributed by atoms with Crippen LogP contribution in [0.25, 0.3) is 0 Å². The highest BCUT2D eigenvalue weighted by Gasteiger charge is 2.22. The Balaban J connectivity index is 2.20. The van der Waals surface area contributed by atoms with Gasteiger partial charge >= 0.3 is 0 Å². The van der Waals surface area contributed by atoms with E-state index >= 15 is 0 Å². The van der Waals surface area contributed by atoms with Crippen LogP contribution in [0.4, 0.5) is 0 Å². The van der Waals surface area contributed by atoms with Crippen molar-refractivity contribution in [1.29, 1.82) is 0 Å². The van der Waals surface area contributed by atoms with Crippen LogP contribution >= 0.6 is 0 Å². The first-order chi connectivity index (χ1) is 5.34. The molecule has 0 aliphatic heterocycles. The molecule has 0 aromatic rings. The molecule has 0 aromatic heterocycles. The molecule has 1 fully saturated rings. The molecule has 0 bridgehead atoms. The highest BCUT2D eigenvalue weighted by Crippen LogP contribution is 2.33. The van der Waals surface area contributed by atoms with E-state index in [1.807, 2.05) is 0 Å². The van der Waals surface area contributed by atoms with Gasteiger partial charge in [0.15, 0.2) is 0 Å². The van der Waals surface area contributed by atoms with Crippen molar-refractivity contribution < 1.29 is 4.79 Å². The molecular weight excluding hydrogens is 138 g/mol. The minimum atomic E-state index is 0.679. The van der Waals surface area contributed by atoms with E-state index in [-0.39, 0.29) is 0 Å². The topological polar surface area (TPSA) is 29.4 Å². The molecule has 1 aliphatic rings. The van der Waals surface area contributed by atoms with Gasteiger partial charge in [-0.05, 0) is 18.3 Å². The van der Waals surface area contributed by atoms with Crippen LogP contribution in [0.2, 0.25) is 0 Å². The Bertz CT molecular complexity index is 161. The average Bonchev–Trinajstić information content (AvgIpc) is 2.37. The Morgan fingerprint density at radius 3 is 2.91 bits per heavy atom. The fraction of sp³-hybridized carbons (Fsp3) is 0.889. The van der Waals surface area contributed by atoms with Gasteiger partial charge < -0.3 is 0 Å². The Labute approximate surface area is 67.7 Å². The predicted octanol–water partition coefficient (Wildman–Crippen LogP) is 2.15. The van der Waals surface area contributed by atoms with Crippen molar-refractivity contribution in [3.63, 3.8) is 0 Å². The van der Waals surface area contributed by atoms with Crippen LogP contribution in [0.1, 0.15) is 32.6 Å². The molecule has 0 saturated heterocycles. The second kappa shape index (κ2) is 4.30. The zero-order valence-corrected chi connectivity index (χ0v) is 7.05. The van der Waals surface area contributed by atoms with Crippen LogP contribution in [-0.4, -0.2) is 12.6 Å². The molecule has 0 radical (unpaired) electrons. The van der Waals surface area contributed by atoms with Gasteiger partial charge in [-0.1, -0.05) is 26.2 Å². The van der Waals surface area contributed by atoms with Gasteiger partial charge in [-0.2, -0.15) is 0 Å². The lowest BCUT2D eigenvalue weighted by Gasteiger charge is -2.12. The van der Waals surface area contributed by atoms with Crippen LogP contribution in [0, 0.1) is 11.8 Å². The van der Waals surface area contributed by atoms with Gasteiger partial charge in [0.1, 0.15) is 0 Å². The van der Waals surface area contributed by atoms with Crippen molar-refractivity contribution in [2.45, 2.75) is 32.6 Å². The molecule has 0 aromatic carbocycles. The van der Waals surface area contributed by atoms with Crippen LogP contribution in [0.5, 0.6) is 0 Å². The van der Waals surface area contributed by atoms with Crippen molar-refractivity contribution in [3.8, 4) is 0 Å². The molecule has 0 spiro atoms. The van der Waals surface area contributed by atoms with Crippen molar-refractivity contribution in [2.75, 3.05) is 6.54 Å². The smallest absolute Gasteiger partial charge is 0.211 e. The molecule has 62 valence electrons. The maximum Gasteiger partial charge on any atom is 0.234 e. The number of hydrogen-bond donors (Lipinski definition) is 0. The Morgan fingerprint density at radius 2 is 2.36 bits per heavy atom. The van der Waals surface area contributed by atoms with Gasteiger partial charge in [0.2, 0.25) is 6.08 Å². The van der Waals surface area contributed by atoms with Crippen molar-refractivity contribution in [1.82, 2.24) is 0 Å². The SMILES string of the molecule is CC1CCCC1CCN=C=O. The Hall–Kier alpha value is -0.620. The Morgan fingerprint density at radius 1 is 1.55 bits per heavy atom. The van der Waals surface area contributed by atoms with Crippen molar-refractivity contribution in [3.05, 3.63) is 0 Å². The van der Waals surface area contributed by atoms with E-state index in [4.69, 9.17) is 0 Å². The second-order valence-electron chi connectivity index (χ2n) is 3.43. The van der Waals surface area contributed by atoms with Gasteiger partial charge in [0, 0.05) is 0 Å². The lowest BCUT2D eigenvalue weighted by molar-refractivity contribution is 0.397.